The fourth-order valence-electron chi connectivity index (χ4n) is 2.44. The van der Waals surface area contributed by atoms with Gasteiger partial charge in [-0.1, -0.05) is 34.6 Å². The van der Waals surface area contributed by atoms with Gasteiger partial charge in [-0.05, 0) is 43.5 Å². The summed E-state index contributed by atoms with van der Waals surface area (Å²) in [6, 6.07) is 4.58. The van der Waals surface area contributed by atoms with Gasteiger partial charge in [-0.3, -0.25) is 4.90 Å². The SMILES string of the molecule is CCCNC(CCN(CC)Cc1ccco1)C(C)(C)C. The van der Waals surface area contributed by atoms with Gasteiger partial charge in [0.05, 0.1) is 12.8 Å². The van der Waals surface area contributed by atoms with E-state index in [0.717, 1.165) is 31.9 Å². The first-order valence-corrected chi connectivity index (χ1v) is 7.95. The second kappa shape index (κ2) is 8.48. The van der Waals surface area contributed by atoms with Gasteiger partial charge < -0.3 is 9.73 Å². The average molecular weight is 280 g/mol. The minimum absolute atomic E-state index is 0.305. The molecule has 0 fully saturated rings. The molecule has 20 heavy (non-hydrogen) atoms. The molecule has 1 unspecified atom stereocenters. The highest BCUT2D eigenvalue weighted by atomic mass is 16.3. The summed E-state index contributed by atoms with van der Waals surface area (Å²) < 4.78 is 5.45. The zero-order valence-electron chi connectivity index (χ0n) is 13.9. The standard InChI is InChI=1S/C17H32N2O/c1-6-11-18-16(17(3,4)5)10-12-19(7-2)14-15-9-8-13-20-15/h8-9,13,16,18H,6-7,10-12,14H2,1-5H3. The van der Waals surface area contributed by atoms with E-state index in [2.05, 4.69) is 50.9 Å². The zero-order chi connectivity index (χ0) is 15.0. The van der Waals surface area contributed by atoms with Crippen molar-refractivity contribution in [3.8, 4) is 0 Å². The monoisotopic (exact) mass is 280 g/mol. The van der Waals surface area contributed by atoms with Crippen LogP contribution in [0.3, 0.4) is 0 Å². The number of hydrogen-bond donors (Lipinski definition) is 1. The van der Waals surface area contributed by atoms with Crippen LogP contribution in [-0.4, -0.2) is 30.6 Å². The van der Waals surface area contributed by atoms with Crippen LogP contribution in [0.1, 0.15) is 53.2 Å². The van der Waals surface area contributed by atoms with E-state index in [1.165, 1.54) is 12.8 Å². The molecule has 1 rings (SSSR count). The van der Waals surface area contributed by atoms with Crippen molar-refractivity contribution >= 4 is 0 Å². The van der Waals surface area contributed by atoms with E-state index in [1.807, 2.05) is 6.07 Å². The minimum Gasteiger partial charge on any atom is -0.468 e. The highest BCUT2D eigenvalue weighted by Crippen LogP contribution is 2.22. The Labute approximate surface area is 124 Å². The molecule has 0 aliphatic carbocycles. The molecule has 0 amide bonds. The van der Waals surface area contributed by atoms with E-state index in [9.17, 15) is 0 Å². The lowest BCUT2D eigenvalue weighted by atomic mass is 9.84. The minimum atomic E-state index is 0.305. The van der Waals surface area contributed by atoms with Gasteiger partial charge in [0.15, 0.2) is 0 Å². The normalized spacial score (nSPS) is 13.9. The fraction of sp³-hybridized carbons (Fsp3) is 0.765. The van der Waals surface area contributed by atoms with Crippen molar-refractivity contribution in [1.29, 1.82) is 0 Å². The number of rotatable bonds is 9. The molecule has 0 spiro atoms. The van der Waals surface area contributed by atoms with Crippen LogP contribution < -0.4 is 5.32 Å². The molecule has 0 aromatic carbocycles. The number of furan rings is 1. The van der Waals surface area contributed by atoms with E-state index < -0.39 is 0 Å². The summed E-state index contributed by atoms with van der Waals surface area (Å²) in [6.07, 6.45) is 4.12. The Morgan fingerprint density at radius 3 is 2.55 bits per heavy atom. The number of nitrogens with one attached hydrogen (secondary N) is 1. The molecule has 116 valence electrons. The van der Waals surface area contributed by atoms with Gasteiger partial charge in [-0.15, -0.1) is 0 Å². The van der Waals surface area contributed by atoms with Crippen molar-refractivity contribution in [3.05, 3.63) is 24.2 Å². The topological polar surface area (TPSA) is 28.4 Å². The molecule has 0 aliphatic heterocycles. The van der Waals surface area contributed by atoms with Crippen molar-refractivity contribution in [2.24, 2.45) is 5.41 Å². The zero-order valence-corrected chi connectivity index (χ0v) is 13.9. The van der Waals surface area contributed by atoms with Gasteiger partial charge >= 0.3 is 0 Å². The van der Waals surface area contributed by atoms with Crippen LogP contribution in [-0.2, 0) is 6.54 Å². The van der Waals surface area contributed by atoms with Gasteiger partial charge in [0.25, 0.3) is 0 Å². The van der Waals surface area contributed by atoms with Crippen LogP contribution >= 0.6 is 0 Å². The van der Waals surface area contributed by atoms with E-state index in [4.69, 9.17) is 4.42 Å². The van der Waals surface area contributed by atoms with Crippen molar-refractivity contribution in [1.82, 2.24) is 10.2 Å². The number of nitrogens with zero attached hydrogens (tertiary/aromatic N) is 1. The maximum atomic E-state index is 5.45. The summed E-state index contributed by atoms with van der Waals surface area (Å²) in [7, 11) is 0. The largest absolute Gasteiger partial charge is 0.468 e. The molecule has 1 aromatic heterocycles. The summed E-state index contributed by atoms with van der Waals surface area (Å²) in [5.41, 5.74) is 0.305. The molecule has 1 atom stereocenters. The molecule has 1 heterocycles. The van der Waals surface area contributed by atoms with Crippen LogP contribution in [0.2, 0.25) is 0 Å². The van der Waals surface area contributed by atoms with E-state index in [-0.39, 0.29) is 0 Å². The van der Waals surface area contributed by atoms with Crippen LogP contribution in [0.25, 0.3) is 0 Å². The van der Waals surface area contributed by atoms with Crippen LogP contribution in [0.15, 0.2) is 22.8 Å². The first-order chi connectivity index (χ1) is 9.47. The predicted octanol–water partition coefficient (Wildman–Crippen LogP) is 3.91. The third-order valence-corrected chi connectivity index (χ3v) is 3.83. The predicted molar refractivity (Wildman–Crippen MR) is 85.8 cm³/mol. The number of hydrogen-bond acceptors (Lipinski definition) is 3. The molecule has 1 aromatic rings. The first kappa shape index (κ1) is 17.3. The Kier molecular flexibility index (Phi) is 7.31. The van der Waals surface area contributed by atoms with Crippen LogP contribution in [0.4, 0.5) is 0 Å². The Hall–Kier alpha value is -0.800. The first-order valence-electron chi connectivity index (χ1n) is 7.95. The molecule has 0 bridgehead atoms. The van der Waals surface area contributed by atoms with E-state index in [1.54, 1.807) is 6.26 Å². The summed E-state index contributed by atoms with van der Waals surface area (Å²) in [5, 5.41) is 3.70. The van der Waals surface area contributed by atoms with Gasteiger partial charge in [0.2, 0.25) is 0 Å². The Balaban J connectivity index is 2.46. The van der Waals surface area contributed by atoms with Crippen molar-refractivity contribution in [3.63, 3.8) is 0 Å². The maximum Gasteiger partial charge on any atom is 0.117 e. The summed E-state index contributed by atoms with van der Waals surface area (Å²) >= 11 is 0. The van der Waals surface area contributed by atoms with Gasteiger partial charge in [0, 0.05) is 12.6 Å². The Morgan fingerprint density at radius 1 is 1.30 bits per heavy atom. The molecule has 3 heteroatoms. The third kappa shape index (κ3) is 6.10. The molecular formula is C17H32N2O. The van der Waals surface area contributed by atoms with Gasteiger partial charge in [-0.2, -0.15) is 0 Å². The van der Waals surface area contributed by atoms with E-state index >= 15 is 0 Å². The van der Waals surface area contributed by atoms with Gasteiger partial charge in [-0.25, -0.2) is 0 Å². The third-order valence-electron chi connectivity index (χ3n) is 3.83. The van der Waals surface area contributed by atoms with Crippen LogP contribution in [0, 0.1) is 5.41 Å². The molecule has 0 saturated carbocycles. The summed E-state index contributed by atoms with van der Waals surface area (Å²) in [6.45, 7) is 15.6. The fourth-order valence-corrected chi connectivity index (χ4v) is 2.44. The molecular weight excluding hydrogens is 248 g/mol. The molecule has 0 saturated heterocycles. The maximum absolute atomic E-state index is 5.45. The molecule has 0 radical (unpaired) electrons. The smallest absolute Gasteiger partial charge is 0.117 e. The highest BCUT2D eigenvalue weighted by molar-refractivity contribution is 4.97. The summed E-state index contributed by atoms with van der Waals surface area (Å²) in [5.74, 6) is 1.06. The quantitative estimate of drug-likeness (QED) is 0.743. The lowest BCUT2D eigenvalue weighted by molar-refractivity contribution is 0.197. The van der Waals surface area contributed by atoms with Crippen LogP contribution in [0.5, 0.6) is 0 Å². The summed E-state index contributed by atoms with van der Waals surface area (Å²) in [4.78, 5) is 2.45. The Morgan fingerprint density at radius 2 is 2.05 bits per heavy atom. The molecule has 0 aliphatic rings. The second-order valence-electron chi connectivity index (χ2n) is 6.61. The average Bonchev–Trinajstić information content (AvgIpc) is 2.88. The molecule has 3 nitrogen and oxygen atoms in total. The van der Waals surface area contributed by atoms with Crippen molar-refractivity contribution in [2.45, 2.75) is 60.0 Å². The Bertz CT molecular complexity index is 340. The molecule has 1 N–H and O–H groups in total. The lowest BCUT2D eigenvalue weighted by Gasteiger charge is -2.33. The van der Waals surface area contributed by atoms with Gasteiger partial charge in [0.1, 0.15) is 5.76 Å². The highest BCUT2D eigenvalue weighted by Gasteiger charge is 2.24. The van der Waals surface area contributed by atoms with E-state index in [0.29, 0.717) is 11.5 Å². The lowest BCUT2D eigenvalue weighted by Crippen LogP contribution is -2.43. The second-order valence-corrected chi connectivity index (χ2v) is 6.61. The van der Waals surface area contributed by atoms with Crippen molar-refractivity contribution in [2.75, 3.05) is 19.6 Å². The van der Waals surface area contributed by atoms with Crippen molar-refractivity contribution < 1.29 is 4.42 Å².